The van der Waals surface area contributed by atoms with Gasteiger partial charge in [0.05, 0.1) is 47.9 Å². The van der Waals surface area contributed by atoms with Crippen LogP contribution in [0.25, 0.3) is 10.9 Å². The van der Waals surface area contributed by atoms with Crippen LogP contribution in [0.4, 0.5) is 11.6 Å². The normalized spacial score (nSPS) is 26.0. The zero-order valence-corrected chi connectivity index (χ0v) is 21.4. The van der Waals surface area contributed by atoms with Gasteiger partial charge in [0.15, 0.2) is 0 Å². The van der Waals surface area contributed by atoms with Gasteiger partial charge in [0.1, 0.15) is 6.10 Å². The molecule has 3 fully saturated rings. The number of hydrogen-bond donors (Lipinski definition) is 1. The Labute approximate surface area is 211 Å². The molecule has 3 aromatic rings. The molecule has 0 spiro atoms. The molecular formula is C26H33ClN6O2. The molecular weight excluding hydrogens is 464 g/mol. The number of nitrogens with one attached hydrogen (secondary N) is 1. The zero-order valence-electron chi connectivity index (χ0n) is 20.6. The van der Waals surface area contributed by atoms with Crippen LogP contribution in [-0.4, -0.2) is 69.7 Å². The van der Waals surface area contributed by atoms with Gasteiger partial charge in [-0.3, -0.25) is 9.58 Å². The molecule has 8 nitrogen and oxygen atoms in total. The van der Waals surface area contributed by atoms with Crippen molar-refractivity contribution in [2.24, 2.45) is 0 Å². The molecule has 0 bridgehead atoms. The van der Waals surface area contributed by atoms with E-state index in [9.17, 15) is 0 Å². The lowest BCUT2D eigenvalue weighted by atomic mass is 9.85. The van der Waals surface area contributed by atoms with Crippen LogP contribution in [0.2, 0.25) is 5.02 Å². The van der Waals surface area contributed by atoms with Gasteiger partial charge in [0, 0.05) is 23.7 Å². The monoisotopic (exact) mass is 496 g/mol. The first-order valence-electron chi connectivity index (χ1n) is 12.6. The number of benzene rings is 1. The topological polar surface area (TPSA) is 77.3 Å². The molecule has 2 aliphatic heterocycles. The van der Waals surface area contributed by atoms with E-state index in [1.54, 1.807) is 7.11 Å². The molecule has 1 N–H and O–H groups in total. The smallest absolute Gasteiger partial charge is 0.227 e. The Bertz CT molecular complexity index is 1240. The van der Waals surface area contributed by atoms with Gasteiger partial charge in [-0.1, -0.05) is 11.6 Å². The van der Waals surface area contributed by atoms with Crippen molar-refractivity contribution in [3.05, 3.63) is 40.8 Å². The second kappa shape index (κ2) is 9.00. The van der Waals surface area contributed by atoms with Crippen LogP contribution >= 0.6 is 11.6 Å². The summed E-state index contributed by atoms with van der Waals surface area (Å²) in [7, 11) is 1.78. The Balaban J connectivity index is 1.20. The van der Waals surface area contributed by atoms with Crippen molar-refractivity contribution in [1.29, 1.82) is 0 Å². The van der Waals surface area contributed by atoms with Crippen LogP contribution in [0.5, 0.6) is 0 Å². The van der Waals surface area contributed by atoms with Crippen LogP contribution in [0.1, 0.15) is 55.8 Å². The number of methoxy groups -OCH3 is 1. The summed E-state index contributed by atoms with van der Waals surface area (Å²) in [6.45, 7) is 7.74. The highest BCUT2D eigenvalue weighted by Crippen LogP contribution is 2.39. The van der Waals surface area contributed by atoms with E-state index in [1.807, 2.05) is 18.5 Å². The predicted octanol–water partition coefficient (Wildman–Crippen LogP) is 4.85. The van der Waals surface area contributed by atoms with Gasteiger partial charge < -0.3 is 14.8 Å². The fraction of sp³-hybridized carbons (Fsp3) is 0.577. The lowest BCUT2D eigenvalue weighted by molar-refractivity contribution is -0.0242. The van der Waals surface area contributed by atoms with Crippen LogP contribution in [0.15, 0.2) is 24.5 Å². The quantitative estimate of drug-likeness (QED) is 0.522. The molecule has 2 aromatic heterocycles. The van der Waals surface area contributed by atoms with Crippen molar-refractivity contribution in [3.8, 4) is 0 Å². The maximum Gasteiger partial charge on any atom is 0.227 e. The largest absolute Gasteiger partial charge is 0.377 e. The number of rotatable bonds is 6. The van der Waals surface area contributed by atoms with Crippen LogP contribution in [0.3, 0.4) is 0 Å². The number of anilines is 2. The Kier molecular flexibility index (Phi) is 5.95. The number of hydrogen-bond acceptors (Lipinski definition) is 7. The van der Waals surface area contributed by atoms with Gasteiger partial charge in [0.2, 0.25) is 5.95 Å². The predicted molar refractivity (Wildman–Crippen MR) is 137 cm³/mol. The second-order valence-electron chi connectivity index (χ2n) is 10.4. The molecule has 0 amide bonds. The molecule has 2 atom stereocenters. The standard InChI is InChI=1S/C26H33ClN6O2/c1-16-23(13-29-33(16)19-4-5-19)31-25-28-12-18-10-21(27)20(11-22(18)30-25)17-6-8-32(9-7-17)26(2)15-35-14-24(26)34-3/h10-13,17,19,24H,4-9,14-15H2,1-3H3,(H,28,30,31)/t24-,26+/m0/s1. The Morgan fingerprint density at radius 1 is 1.17 bits per heavy atom. The van der Waals surface area contributed by atoms with Gasteiger partial charge in [-0.2, -0.15) is 5.10 Å². The molecule has 1 aliphatic carbocycles. The first kappa shape index (κ1) is 23.2. The molecule has 186 valence electrons. The van der Waals surface area contributed by atoms with E-state index in [0.717, 1.165) is 59.8 Å². The van der Waals surface area contributed by atoms with E-state index in [4.69, 9.17) is 26.1 Å². The molecule has 3 aliphatic rings. The third-order valence-electron chi connectivity index (χ3n) is 8.18. The first-order chi connectivity index (χ1) is 17.0. The first-order valence-corrected chi connectivity index (χ1v) is 13.0. The van der Waals surface area contributed by atoms with E-state index in [0.29, 0.717) is 24.5 Å². The van der Waals surface area contributed by atoms with E-state index < -0.39 is 0 Å². The van der Waals surface area contributed by atoms with E-state index in [-0.39, 0.29) is 11.6 Å². The van der Waals surface area contributed by atoms with Gasteiger partial charge in [-0.05, 0) is 76.2 Å². The summed E-state index contributed by atoms with van der Waals surface area (Å²) < 4.78 is 13.6. The minimum atomic E-state index is -0.0634. The minimum Gasteiger partial charge on any atom is -0.377 e. The van der Waals surface area contributed by atoms with Crippen molar-refractivity contribution in [2.45, 2.75) is 63.1 Å². The molecule has 35 heavy (non-hydrogen) atoms. The molecule has 0 radical (unpaired) electrons. The van der Waals surface area contributed by atoms with E-state index >= 15 is 0 Å². The Morgan fingerprint density at radius 2 is 1.97 bits per heavy atom. The number of aromatic nitrogens is 4. The van der Waals surface area contributed by atoms with Gasteiger partial charge in [0.25, 0.3) is 0 Å². The summed E-state index contributed by atoms with van der Waals surface area (Å²) in [5, 5.41) is 9.64. The summed E-state index contributed by atoms with van der Waals surface area (Å²) >= 11 is 6.77. The minimum absolute atomic E-state index is 0.0634. The van der Waals surface area contributed by atoms with Crippen LogP contribution in [-0.2, 0) is 9.47 Å². The molecule has 2 saturated heterocycles. The average molecular weight is 497 g/mol. The third kappa shape index (κ3) is 4.20. The summed E-state index contributed by atoms with van der Waals surface area (Å²) in [4.78, 5) is 11.9. The van der Waals surface area contributed by atoms with E-state index in [1.165, 1.54) is 18.4 Å². The lowest BCUT2D eigenvalue weighted by Crippen LogP contribution is -2.57. The number of nitrogens with zero attached hydrogens (tertiary/aromatic N) is 5. The fourth-order valence-corrected chi connectivity index (χ4v) is 6.08. The second-order valence-corrected chi connectivity index (χ2v) is 10.8. The zero-order chi connectivity index (χ0) is 24.2. The van der Waals surface area contributed by atoms with Gasteiger partial charge in [-0.15, -0.1) is 0 Å². The molecule has 1 saturated carbocycles. The number of likely N-dealkylation sites (tertiary alicyclic amines) is 1. The van der Waals surface area contributed by atoms with E-state index in [2.05, 4.69) is 44.9 Å². The van der Waals surface area contributed by atoms with Crippen LogP contribution in [0, 0.1) is 6.92 Å². The summed E-state index contributed by atoms with van der Waals surface area (Å²) in [5.74, 6) is 0.985. The lowest BCUT2D eigenvalue weighted by Gasteiger charge is -2.44. The van der Waals surface area contributed by atoms with Crippen molar-refractivity contribution >= 4 is 34.1 Å². The number of ether oxygens (including phenoxy) is 2. The SMILES string of the molecule is CO[C@H]1COC[C@@]1(C)N1CCC(c2cc3nc(Nc4cnn(C5CC5)c4C)ncc3cc2Cl)CC1. The third-order valence-corrected chi connectivity index (χ3v) is 8.51. The molecule has 9 heteroatoms. The Morgan fingerprint density at radius 3 is 2.71 bits per heavy atom. The fourth-order valence-electron chi connectivity index (χ4n) is 5.76. The number of halogens is 1. The highest BCUT2D eigenvalue weighted by molar-refractivity contribution is 6.32. The Hall–Kier alpha value is -2.26. The van der Waals surface area contributed by atoms with Crippen molar-refractivity contribution in [1.82, 2.24) is 24.6 Å². The van der Waals surface area contributed by atoms with Crippen molar-refractivity contribution < 1.29 is 9.47 Å². The molecule has 0 unspecified atom stereocenters. The van der Waals surface area contributed by atoms with Crippen LogP contribution < -0.4 is 5.32 Å². The van der Waals surface area contributed by atoms with Crippen molar-refractivity contribution in [2.75, 3.05) is 38.7 Å². The highest BCUT2D eigenvalue weighted by atomic mass is 35.5. The summed E-state index contributed by atoms with van der Waals surface area (Å²) in [5.41, 5.74) is 4.10. The summed E-state index contributed by atoms with van der Waals surface area (Å²) in [6, 6.07) is 4.71. The summed E-state index contributed by atoms with van der Waals surface area (Å²) in [6.07, 6.45) is 8.33. The molecule has 1 aromatic carbocycles. The maximum atomic E-state index is 6.77. The average Bonchev–Trinajstić information content (AvgIpc) is 3.54. The van der Waals surface area contributed by atoms with Gasteiger partial charge >= 0.3 is 0 Å². The maximum absolute atomic E-state index is 6.77. The van der Waals surface area contributed by atoms with Crippen molar-refractivity contribution in [3.63, 3.8) is 0 Å². The molecule has 6 rings (SSSR count). The number of fused-ring (bicyclic) bond motifs is 1. The van der Waals surface area contributed by atoms with Gasteiger partial charge in [-0.25, -0.2) is 9.97 Å². The highest BCUT2D eigenvalue weighted by Gasteiger charge is 2.46. The number of piperidine rings is 1. The molecule has 4 heterocycles.